The van der Waals surface area contributed by atoms with Crippen molar-refractivity contribution in [2.45, 2.75) is 66.1 Å². The minimum absolute atomic E-state index is 0.00358. The van der Waals surface area contributed by atoms with Gasteiger partial charge in [0.2, 0.25) is 5.91 Å². The molecule has 0 unspecified atom stereocenters. The van der Waals surface area contributed by atoms with Gasteiger partial charge in [-0.3, -0.25) is 9.59 Å². The van der Waals surface area contributed by atoms with Crippen LogP contribution in [0.1, 0.15) is 50.3 Å². The predicted molar refractivity (Wildman–Crippen MR) is 130 cm³/mol. The molecule has 0 aliphatic heterocycles. The van der Waals surface area contributed by atoms with Crippen LogP contribution in [0, 0.1) is 13.8 Å². The van der Waals surface area contributed by atoms with Gasteiger partial charge in [0, 0.05) is 28.2 Å². The second kappa shape index (κ2) is 12.1. The van der Waals surface area contributed by atoms with Crippen molar-refractivity contribution in [1.29, 1.82) is 0 Å². The van der Waals surface area contributed by atoms with Crippen molar-refractivity contribution in [3.05, 3.63) is 63.1 Å². The number of nitrogens with zero attached hydrogens (tertiary/aromatic N) is 1. The van der Waals surface area contributed by atoms with Gasteiger partial charge in [-0.2, -0.15) is 0 Å². The second-order valence-corrected chi connectivity index (χ2v) is 8.84. The molecule has 174 valence electrons. The summed E-state index contributed by atoms with van der Waals surface area (Å²) in [5, 5.41) is 3.87. The fraction of sp³-hybridized carbons (Fsp3) is 0.440. The summed E-state index contributed by atoms with van der Waals surface area (Å²) in [5.74, 6) is 0.119. The Morgan fingerprint density at radius 2 is 1.72 bits per heavy atom. The largest absolute Gasteiger partial charge is 0.483 e. The molecule has 0 fully saturated rings. The number of hydrogen-bond acceptors (Lipinski definition) is 3. The Kier molecular flexibility index (Phi) is 9.85. The highest BCUT2D eigenvalue weighted by Gasteiger charge is 2.30. The first-order chi connectivity index (χ1) is 15.2. The molecule has 0 aromatic heterocycles. The molecule has 5 nitrogen and oxygen atoms in total. The van der Waals surface area contributed by atoms with Crippen molar-refractivity contribution in [3.63, 3.8) is 0 Å². The maximum Gasteiger partial charge on any atom is 0.261 e. The third kappa shape index (κ3) is 6.88. The molecular formula is C25H32Cl2N2O3. The van der Waals surface area contributed by atoms with Crippen LogP contribution in [-0.2, 0) is 16.1 Å². The molecule has 0 heterocycles. The topological polar surface area (TPSA) is 58.6 Å². The van der Waals surface area contributed by atoms with Gasteiger partial charge in [0.15, 0.2) is 6.61 Å². The minimum atomic E-state index is -0.674. The molecule has 0 radical (unpaired) electrons. The van der Waals surface area contributed by atoms with E-state index in [1.807, 2.05) is 52.8 Å². The van der Waals surface area contributed by atoms with Gasteiger partial charge in [0.1, 0.15) is 11.8 Å². The molecule has 2 atom stereocenters. The third-order valence-electron chi connectivity index (χ3n) is 5.46. The van der Waals surface area contributed by atoms with E-state index < -0.39 is 6.04 Å². The zero-order chi connectivity index (χ0) is 23.8. The van der Waals surface area contributed by atoms with Crippen LogP contribution in [-0.4, -0.2) is 35.4 Å². The summed E-state index contributed by atoms with van der Waals surface area (Å²) in [7, 11) is 0. The maximum absolute atomic E-state index is 13.3. The summed E-state index contributed by atoms with van der Waals surface area (Å²) < 4.78 is 5.82. The van der Waals surface area contributed by atoms with Gasteiger partial charge in [0.25, 0.3) is 5.91 Å². The number of halogens is 2. The molecule has 0 aliphatic carbocycles. The third-order valence-corrected chi connectivity index (χ3v) is 6.17. The number of hydrogen-bond donors (Lipinski definition) is 1. The molecule has 0 bridgehead atoms. The Morgan fingerprint density at radius 1 is 1.06 bits per heavy atom. The van der Waals surface area contributed by atoms with E-state index in [2.05, 4.69) is 5.32 Å². The van der Waals surface area contributed by atoms with E-state index in [4.69, 9.17) is 27.9 Å². The first-order valence-corrected chi connectivity index (χ1v) is 11.7. The number of rotatable bonds is 10. The molecule has 2 aromatic carbocycles. The Morgan fingerprint density at radius 3 is 2.28 bits per heavy atom. The van der Waals surface area contributed by atoms with Crippen molar-refractivity contribution in [2.24, 2.45) is 0 Å². The monoisotopic (exact) mass is 478 g/mol. The van der Waals surface area contributed by atoms with Gasteiger partial charge in [-0.05, 0) is 57.4 Å². The van der Waals surface area contributed by atoms with Crippen molar-refractivity contribution in [3.8, 4) is 5.75 Å². The summed E-state index contributed by atoms with van der Waals surface area (Å²) in [6.07, 6.45) is 1.24. The zero-order valence-corrected chi connectivity index (χ0v) is 20.9. The summed E-state index contributed by atoms with van der Waals surface area (Å²) in [6, 6.07) is 10.3. The van der Waals surface area contributed by atoms with E-state index in [1.165, 1.54) is 4.90 Å². The van der Waals surface area contributed by atoms with Crippen molar-refractivity contribution >= 4 is 35.0 Å². The highest BCUT2D eigenvalue weighted by atomic mass is 35.5. The number of carbonyl (C=O) groups excluding carboxylic acids is 2. The van der Waals surface area contributed by atoms with E-state index in [-0.39, 0.29) is 31.0 Å². The highest BCUT2D eigenvalue weighted by molar-refractivity contribution is 6.36. The lowest BCUT2D eigenvalue weighted by molar-refractivity contribution is -0.143. The average Bonchev–Trinajstić information content (AvgIpc) is 2.74. The van der Waals surface area contributed by atoms with Crippen LogP contribution >= 0.6 is 23.2 Å². The predicted octanol–water partition coefficient (Wildman–Crippen LogP) is 5.71. The highest BCUT2D eigenvalue weighted by Crippen LogP contribution is 2.27. The summed E-state index contributed by atoms with van der Waals surface area (Å²) in [5.41, 5.74) is 2.66. The molecule has 0 spiro atoms. The molecular weight excluding hydrogens is 447 g/mol. The summed E-state index contributed by atoms with van der Waals surface area (Å²) in [6.45, 7) is 9.65. The van der Waals surface area contributed by atoms with E-state index in [0.717, 1.165) is 17.5 Å². The molecule has 2 amide bonds. The fourth-order valence-electron chi connectivity index (χ4n) is 3.40. The van der Waals surface area contributed by atoms with E-state index in [1.54, 1.807) is 18.2 Å². The quantitative estimate of drug-likeness (QED) is 0.475. The fourth-order valence-corrected chi connectivity index (χ4v) is 3.91. The summed E-state index contributed by atoms with van der Waals surface area (Å²) in [4.78, 5) is 27.8. The number of carbonyl (C=O) groups is 2. The number of amides is 2. The molecule has 0 saturated carbocycles. The first kappa shape index (κ1) is 26.0. The minimum Gasteiger partial charge on any atom is -0.483 e. The van der Waals surface area contributed by atoms with Crippen molar-refractivity contribution in [2.75, 3.05) is 6.61 Å². The van der Waals surface area contributed by atoms with Crippen molar-refractivity contribution < 1.29 is 14.3 Å². The molecule has 32 heavy (non-hydrogen) atoms. The average molecular weight is 479 g/mol. The Bertz CT molecular complexity index is 929. The lowest BCUT2D eigenvalue weighted by Gasteiger charge is -2.32. The Balaban J connectivity index is 2.30. The SMILES string of the molecule is CC[C@@H](C)NC(=O)[C@@H](CC)N(Cc1c(Cl)cccc1Cl)C(=O)COc1ccc(C)cc1C. The molecule has 7 heteroatoms. The lowest BCUT2D eigenvalue weighted by Crippen LogP contribution is -2.51. The van der Waals surface area contributed by atoms with Crippen LogP contribution in [0.4, 0.5) is 0 Å². The normalized spacial score (nSPS) is 12.7. The van der Waals surface area contributed by atoms with Crippen LogP contribution in [0.25, 0.3) is 0 Å². The summed E-state index contributed by atoms with van der Waals surface area (Å²) >= 11 is 12.7. The second-order valence-electron chi connectivity index (χ2n) is 8.02. The molecule has 0 aliphatic rings. The molecule has 2 rings (SSSR count). The Hall–Kier alpha value is -2.24. The van der Waals surface area contributed by atoms with Gasteiger partial charge >= 0.3 is 0 Å². The van der Waals surface area contributed by atoms with Gasteiger partial charge in [-0.25, -0.2) is 0 Å². The number of aryl methyl sites for hydroxylation is 2. The van der Waals surface area contributed by atoms with Crippen LogP contribution in [0.15, 0.2) is 36.4 Å². The van der Waals surface area contributed by atoms with Gasteiger partial charge in [0.05, 0.1) is 0 Å². The molecule has 2 aromatic rings. The lowest BCUT2D eigenvalue weighted by atomic mass is 10.1. The van der Waals surface area contributed by atoms with Crippen LogP contribution < -0.4 is 10.1 Å². The van der Waals surface area contributed by atoms with Gasteiger partial charge < -0.3 is 15.0 Å². The number of nitrogens with one attached hydrogen (secondary N) is 1. The number of benzene rings is 2. The van der Waals surface area contributed by atoms with E-state index >= 15 is 0 Å². The smallest absolute Gasteiger partial charge is 0.261 e. The molecule has 0 saturated heterocycles. The maximum atomic E-state index is 13.3. The van der Waals surface area contributed by atoms with Crippen LogP contribution in [0.3, 0.4) is 0 Å². The Labute approximate surface area is 201 Å². The van der Waals surface area contributed by atoms with E-state index in [0.29, 0.717) is 27.8 Å². The van der Waals surface area contributed by atoms with Crippen LogP contribution in [0.2, 0.25) is 10.0 Å². The zero-order valence-electron chi connectivity index (χ0n) is 19.4. The number of ether oxygens (including phenoxy) is 1. The van der Waals surface area contributed by atoms with Crippen molar-refractivity contribution in [1.82, 2.24) is 10.2 Å². The van der Waals surface area contributed by atoms with Crippen LogP contribution in [0.5, 0.6) is 5.75 Å². The van der Waals surface area contributed by atoms with E-state index in [9.17, 15) is 9.59 Å². The standard InChI is InChI=1S/C25H32Cl2N2O3/c1-6-18(5)28-25(31)22(7-2)29(14-19-20(26)9-8-10-21(19)27)24(30)15-32-23-12-11-16(3)13-17(23)4/h8-13,18,22H,6-7,14-15H2,1-5H3,(H,28,31)/t18-,22-/m1/s1. The first-order valence-electron chi connectivity index (χ1n) is 10.9. The van der Waals surface area contributed by atoms with Gasteiger partial charge in [-0.1, -0.05) is 60.8 Å². The molecule has 1 N–H and O–H groups in total. The van der Waals surface area contributed by atoms with Gasteiger partial charge in [-0.15, -0.1) is 0 Å².